The fraction of sp³-hybridized carbons (Fsp3) is 0.759. The first-order chi connectivity index (χ1) is 33.0. The molecule has 0 fully saturated rings. The van der Waals surface area contributed by atoms with E-state index in [-0.39, 0.29) is 32.0 Å². The molecule has 0 aliphatic heterocycles. The van der Waals surface area contributed by atoms with Gasteiger partial charge in [0.15, 0.2) is 6.10 Å². The summed E-state index contributed by atoms with van der Waals surface area (Å²) in [4.78, 5) is 35.1. The van der Waals surface area contributed by atoms with Crippen LogP contribution in [0.4, 0.5) is 0 Å². The van der Waals surface area contributed by atoms with E-state index in [1.807, 2.05) is 21.1 Å². The predicted octanol–water partition coefficient (Wildman–Crippen LogP) is 16.9. The van der Waals surface area contributed by atoms with Crippen LogP contribution in [0.1, 0.15) is 232 Å². The normalized spacial score (nSPS) is 13.9. The largest absolute Gasteiger partial charge is 0.472 e. The van der Waals surface area contributed by atoms with Crippen molar-refractivity contribution in [1.82, 2.24) is 0 Å². The van der Waals surface area contributed by atoms with E-state index >= 15 is 0 Å². The van der Waals surface area contributed by atoms with Crippen molar-refractivity contribution in [3.8, 4) is 0 Å². The first-order valence-electron chi connectivity index (χ1n) is 27.7. The average molecular weight is 975 g/mol. The fourth-order valence-electron chi connectivity index (χ4n) is 7.49. The summed E-state index contributed by atoms with van der Waals surface area (Å²) in [7, 11) is 1.48. The van der Waals surface area contributed by atoms with Gasteiger partial charge in [-0.1, -0.05) is 228 Å². The van der Waals surface area contributed by atoms with Gasteiger partial charge in [0.2, 0.25) is 0 Å². The van der Waals surface area contributed by atoms with E-state index in [2.05, 4.69) is 86.8 Å². The number of rotatable bonds is 50. The minimum absolute atomic E-state index is 0.0321. The molecule has 1 N–H and O–H groups in total. The van der Waals surface area contributed by atoms with Crippen LogP contribution in [-0.2, 0) is 32.7 Å². The second-order valence-corrected chi connectivity index (χ2v) is 21.0. The summed E-state index contributed by atoms with van der Waals surface area (Å²) in [6.07, 6.45) is 64.8. The Hall–Kier alpha value is -2.55. The van der Waals surface area contributed by atoms with E-state index in [0.29, 0.717) is 17.4 Å². The molecule has 10 heteroatoms. The number of carbonyl (C=O) groups excluding carboxylic acids is 2. The summed E-state index contributed by atoms with van der Waals surface area (Å²) in [5.74, 6) is -0.807. The van der Waals surface area contributed by atoms with Gasteiger partial charge in [-0.2, -0.15) is 0 Å². The number of phosphoric acid groups is 1. The Kier molecular flexibility index (Phi) is 47.6. The molecular formula is C58H105NO8P+. The fourth-order valence-corrected chi connectivity index (χ4v) is 8.23. The molecule has 0 amide bonds. The van der Waals surface area contributed by atoms with Gasteiger partial charge in [0.05, 0.1) is 27.7 Å². The highest BCUT2D eigenvalue weighted by atomic mass is 31.2. The molecule has 0 aromatic heterocycles. The lowest BCUT2D eigenvalue weighted by Gasteiger charge is -2.24. The maximum Gasteiger partial charge on any atom is 0.472 e. The lowest BCUT2D eigenvalue weighted by Crippen LogP contribution is -2.37. The Morgan fingerprint density at radius 3 is 1.25 bits per heavy atom. The van der Waals surface area contributed by atoms with Crippen LogP contribution in [0, 0.1) is 0 Å². The van der Waals surface area contributed by atoms with Crippen molar-refractivity contribution in [2.24, 2.45) is 0 Å². The molecule has 2 unspecified atom stereocenters. The number of phosphoric ester groups is 1. The topological polar surface area (TPSA) is 108 Å². The number of allylic oxidation sites excluding steroid dienone is 12. The maximum absolute atomic E-state index is 12.7. The van der Waals surface area contributed by atoms with Gasteiger partial charge in [0, 0.05) is 12.8 Å². The van der Waals surface area contributed by atoms with E-state index < -0.39 is 26.5 Å². The molecule has 0 aromatic carbocycles. The zero-order valence-corrected chi connectivity index (χ0v) is 45.5. The molecule has 0 aliphatic rings. The van der Waals surface area contributed by atoms with Gasteiger partial charge in [-0.25, -0.2) is 4.57 Å². The van der Waals surface area contributed by atoms with E-state index in [0.717, 1.165) is 83.5 Å². The Labute approximate surface area is 418 Å². The molecule has 68 heavy (non-hydrogen) atoms. The van der Waals surface area contributed by atoms with Gasteiger partial charge in [0.25, 0.3) is 0 Å². The SMILES string of the molecule is CC/C=C\C/C=C\C/C=C\C/C=C\C/C=C\C/C=C\CCCCCCCCCCCCCCCCCCCCCCC(=O)OC(COC(=O)CCCCCCC)COP(=O)(O)OCC[N+](C)(C)C. The number of hydrogen-bond donors (Lipinski definition) is 1. The Bertz CT molecular complexity index is 1380. The lowest BCUT2D eigenvalue weighted by molar-refractivity contribution is -0.870. The molecule has 0 radical (unpaired) electrons. The van der Waals surface area contributed by atoms with Crippen LogP contribution in [0.3, 0.4) is 0 Å². The third-order valence-corrected chi connectivity index (χ3v) is 12.7. The molecule has 0 rings (SSSR count). The number of carbonyl (C=O) groups is 2. The summed E-state index contributed by atoms with van der Waals surface area (Å²) in [5, 5.41) is 0. The number of hydrogen-bond acceptors (Lipinski definition) is 7. The lowest BCUT2D eigenvalue weighted by atomic mass is 10.0. The summed E-state index contributed by atoms with van der Waals surface area (Å²) in [5.41, 5.74) is 0. The van der Waals surface area contributed by atoms with E-state index in [1.54, 1.807) is 0 Å². The van der Waals surface area contributed by atoms with E-state index in [1.165, 1.54) is 116 Å². The van der Waals surface area contributed by atoms with Crippen LogP contribution in [0.15, 0.2) is 72.9 Å². The summed E-state index contributed by atoms with van der Waals surface area (Å²) in [6.45, 7) is 4.22. The van der Waals surface area contributed by atoms with Crippen LogP contribution in [0.5, 0.6) is 0 Å². The van der Waals surface area contributed by atoms with Crippen molar-refractivity contribution < 1.29 is 42.1 Å². The molecule has 0 bridgehead atoms. The predicted molar refractivity (Wildman–Crippen MR) is 289 cm³/mol. The summed E-state index contributed by atoms with van der Waals surface area (Å²) >= 11 is 0. The smallest absolute Gasteiger partial charge is 0.462 e. The molecule has 0 saturated carbocycles. The highest BCUT2D eigenvalue weighted by Gasteiger charge is 2.27. The molecule has 0 aromatic rings. The summed E-state index contributed by atoms with van der Waals surface area (Å²) < 4.78 is 34.2. The molecule has 0 aliphatic carbocycles. The monoisotopic (exact) mass is 975 g/mol. The number of esters is 2. The van der Waals surface area contributed by atoms with Gasteiger partial charge in [0.1, 0.15) is 19.8 Å². The number of unbranched alkanes of at least 4 members (excludes halogenated alkanes) is 24. The van der Waals surface area contributed by atoms with Gasteiger partial charge in [-0.05, 0) is 64.2 Å². The number of quaternary nitrogens is 1. The molecular weight excluding hydrogens is 870 g/mol. The third kappa shape index (κ3) is 52.8. The van der Waals surface area contributed by atoms with Gasteiger partial charge < -0.3 is 18.9 Å². The minimum Gasteiger partial charge on any atom is -0.462 e. The molecule has 394 valence electrons. The second-order valence-electron chi connectivity index (χ2n) is 19.6. The number of nitrogens with zero attached hydrogens (tertiary/aromatic N) is 1. The molecule has 2 atom stereocenters. The Morgan fingerprint density at radius 2 is 0.838 bits per heavy atom. The zero-order chi connectivity index (χ0) is 49.9. The standard InChI is InChI=1S/C58H104NO8P/c1-6-8-10-12-13-14-15-16-17-18-19-20-21-22-23-24-25-26-27-28-29-30-31-32-33-34-35-36-37-38-39-40-41-42-43-44-45-47-49-51-58(61)67-56(54-64-57(60)50-48-46-11-9-7-2)55-66-68(62,63)65-53-52-59(3,4)5/h8,10,13-14,16-17,19-20,22-23,25-26,56H,6-7,9,11-12,15,18,21,24,27-55H2,1-5H3/p+1/b10-8-,14-13-,17-16-,20-19-,23-22-,26-25-. The highest BCUT2D eigenvalue weighted by Crippen LogP contribution is 2.43. The van der Waals surface area contributed by atoms with Crippen molar-refractivity contribution in [1.29, 1.82) is 0 Å². The van der Waals surface area contributed by atoms with Crippen molar-refractivity contribution in [2.75, 3.05) is 47.5 Å². The van der Waals surface area contributed by atoms with Crippen molar-refractivity contribution >= 4 is 19.8 Å². The first kappa shape index (κ1) is 65.5. The van der Waals surface area contributed by atoms with E-state index in [4.69, 9.17) is 18.5 Å². The highest BCUT2D eigenvalue weighted by molar-refractivity contribution is 7.47. The van der Waals surface area contributed by atoms with Crippen LogP contribution in [0.25, 0.3) is 0 Å². The molecule has 9 nitrogen and oxygen atoms in total. The van der Waals surface area contributed by atoms with Crippen molar-refractivity contribution in [3.05, 3.63) is 72.9 Å². The first-order valence-corrected chi connectivity index (χ1v) is 29.2. The van der Waals surface area contributed by atoms with Crippen molar-refractivity contribution in [2.45, 2.75) is 238 Å². The zero-order valence-electron chi connectivity index (χ0n) is 44.6. The Morgan fingerprint density at radius 1 is 0.471 bits per heavy atom. The van der Waals surface area contributed by atoms with Gasteiger partial charge >= 0.3 is 19.8 Å². The number of ether oxygens (including phenoxy) is 2. The molecule has 0 heterocycles. The molecule has 0 spiro atoms. The van der Waals surface area contributed by atoms with E-state index in [9.17, 15) is 19.0 Å². The quantitative estimate of drug-likeness (QED) is 0.0211. The maximum atomic E-state index is 12.7. The van der Waals surface area contributed by atoms with Crippen LogP contribution < -0.4 is 0 Å². The van der Waals surface area contributed by atoms with Gasteiger partial charge in [-0.15, -0.1) is 0 Å². The minimum atomic E-state index is -4.37. The van der Waals surface area contributed by atoms with Crippen molar-refractivity contribution in [3.63, 3.8) is 0 Å². The average Bonchev–Trinajstić information content (AvgIpc) is 3.30. The summed E-state index contributed by atoms with van der Waals surface area (Å²) in [6, 6.07) is 0. The third-order valence-electron chi connectivity index (χ3n) is 11.8. The van der Waals surface area contributed by atoms with Crippen LogP contribution >= 0.6 is 7.82 Å². The Balaban J connectivity index is 3.79. The van der Waals surface area contributed by atoms with Crippen LogP contribution in [0.2, 0.25) is 0 Å². The van der Waals surface area contributed by atoms with Crippen LogP contribution in [-0.4, -0.2) is 74.9 Å². The molecule has 0 saturated heterocycles. The van der Waals surface area contributed by atoms with Gasteiger partial charge in [-0.3, -0.25) is 18.6 Å². The second kappa shape index (κ2) is 49.4. The number of likely N-dealkylation sites (N-methyl/N-ethyl adjacent to an activating group) is 1.